The lowest BCUT2D eigenvalue weighted by atomic mass is 10.1. The summed E-state index contributed by atoms with van der Waals surface area (Å²) in [6.07, 6.45) is 3.79. The number of carbonyl (C=O) groups is 1. The summed E-state index contributed by atoms with van der Waals surface area (Å²) in [6, 6.07) is 15.1. The molecule has 4 nitrogen and oxygen atoms in total. The van der Waals surface area contributed by atoms with E-state index in [0.29, 0.717) is 16.2 Å². The van der Waals surface area contributed by atoms with Gasteiger partial charge in [-0.1, -0.05) is 19.1 Å². The Balaban J connectivity index is 1.72. The van der Waals surface area contributed by atoms with E-state index >= 15 is 0 Å². The topological polar surface area (TPSA) is 49.4 Å². The smallest absolute Gasteiger partial charge is 0.256 e. The van der Waals surface area contributed by atoms with Gasteiger partial charge in [0.15, 0.2) is 0 Å². The molecule has 3 rings (SSSR count). The van der Waals surface area contributed by atoms with E-state index in [1.54, 1.807) is 18.2 Å². The second-order valence-corrected chi connectivity index (χ2v) is 7.89. The molecule has 2 aromatic carbocycles. The number of nitrogens with one attached hydrogen (secondary N) is 1. The number of anilines is 2. The summed E-state index contributed by atoms with van der Waals surface area (Å²) >= 11 is 0. The molecule has 1 atom stereocenters. The first-order chi connectivity index (χ1) is 12.2. The largest absolute Gasteiger partial charge is 0.372 e. The zero-order valence-corrected chi connectivity index (χ0v) is 15.3. The zero-order chi connectivity index (χ0) is 17.6. The van der Waals surface area contributed by atoms with Gasteiger partial charge in [-0.3, -0.25) is 9.00 Å². The standard InChI is InChI=1S/C20H24N2O2S/c1-2-25(24)19-9-5-4-8-18(19)20(23)21-16-10-12-17(13-11-16)22-14-6-3-7-15-22/h4-5,8-13H,2-3,6-7,14-15H2,1H3,(H,21,23). The average molecular weight is 356 g/mol. The average Bonchev–Trinajstić information content (AvgIpc) is 2.68. The van der Waals surface area contributed by atoms with Gasteiger partial charge in [0, 0.05) is 30.2 Å². The van der Waals surface area contributed by atoms with Crippen LogP contribution in [0.3, 0.4) is 0 Å². The maximum Gasteiger partial charge on any atom is 0.256 e. The number of amides is 1. The van der Waals surface area contributed by atoms with E-state index < -0.39 is 10.8 Å². The lowest BCUT2D eigenvalue weighted by molar-refractivity contribution is 0.102. The third kappa shape index (κ3) is 4.28. The van der Waals surface area contributed by atoms with Gasteiger partial charge in [0.05, 0.1) is 21.3 Å². The van der Waals surface area contributed by atoms with Gasteiger partial charge >= 0.3 is 0 Å². The molecule has 25 heavy (non-hydrogen) atoms. The fourth-order valence-electron chi connectivity index (χ4n) is 3.11. The molecule has 0 spiro atoms. The van der Waals surface area contributed by atoms with Crippen molar-refractivity contribution in [3.8, 4) is 0 Å². The van der Waals surface area contributed by atoms with Crippen molar-refractivity contribution in [1.29, 1.82) is 0 Å². The highest BCUT2D eigenvalue weighted by molar-refractivity contribution is 7.85. The van der Waals surface area contributed by atoms with Crippen molar-refractivity contribution in [1.82, 2.24) is 0 Å². The van der Waals surface area contributed by atoms with E-state index in [0.717, 1.165) is 18.8 Å². The lowest BCUT2D eigenvalue weighted by Crippen LogP contribution is -2.29. The molecule has 1 aliphatic heterocycles. The highest BCUT2D eigenvalue weighted by Gasteiger charge is 2.15. The summed E-state index contributed by atoms with van der Waals surface area (Å²) in [5.41, 5.74) is 2.43. The third-order valence-electron chi connectivity index (χ3n) is 4.49. The van der Waals surface area contributed by atoms with Crippen molar-refractivity contribution in [2.24, 2.45) is 0 Å². The molecule has 1 aliphatic rings. The van der Waals surface area contributed by atoms with Crippen LogP contribution in [0.15, 0.2) is 53.4 Å². The van der Waals surface area contributed by atoms with Crippen LogP contribution in [-0.4, -0.2) is 29.0 Å². The number of hydrogen-bond acceptors (Lipinski definition) is 3. The number of carbonyl (C=O) groups excluding carboxylic acids is 1. The fourth-order valence-corrected chi connectivity index (χ4v) is 4.06. The monoisotopic (exact) mass is 356 g/mol. The first-order valence-corrected chi connectivity index (χ1v) is 10.1. The summed E-state index contributed by atoms with van der Waals surface area (Å²) in [7, 11) is -1.16. The zero-order valence-electron chi connectivity index (χ0n) is 14.5. The lowest BCUT2D eigenvalue weighted by Gasteiger charge is -2.28. The van der Waals surface area contributed by atoms with Crippen molar-refractivity contribution in [2.75, 3.05) is 29.1 Å². The second-order valence-electron chi connectivity index (χ2n) is 6.18. The van der Waals surface area contributed by atoms with E-state index in [-0.39, 0.29) is 5.91 Å². The van der Waals surface area contributed by atoms with Crippen LogP contribution < -0.4 is 10.2 Å². The Morgan fingerprint density at radius 2 is 1.72 bits per heavy atom. The summed E-state index contributed by atoms with van der Waals surface area (Å²) < 4.78 is 12.1. The van der Waals surface area contributed by atoms with Crippen LogP contribution in [0.5, 0.6) is 0 Å². The molecular formula is C20H24N2O2S. The Hall–Kier alpha value is -2.14. The van der Waals surface area contributed by atoms with Crippen LogP contribution in [0.4, 0.5) is 11.4 Å². The summed E-state index contributed by atoms with van der Waals surface area (Å²) in [4.78, 5) is 15.6. The van der Waals surface area contributed by atoms with Gasteiger partial charge in [-0.05, 0) is 55.7 Å². The molecular weight excluding hydrogens is 332 g/mol. The van der Waals surface area contributed by atoms with Crippen molar-refractivity contribution < 1.29 is 9.00 Å². The second kappa shape index (κ2) is 8.30. The molecule has 0 aromatic heterocycles. The molecule has 0 bridgehead atoms. The Kier molecular flexibility index (Phi) is 5.87. The predicted molar refractivity (Wildman–Crippen MR) is 104 cm³/mol. The Labute approximate surface area is 151 Å². The van der Waals surface area contributed by atoms with Gasteiger partial charge in [-0.25, -0.2) is 0 Å². The summed E-state index contributed by atoms with van der Waals surface area (Å²) in [5.74, 6) is 0.276. The molecule has 1 unspecified atom stereocenters. The summed E-state index contributed by atoms with van der Waals surface area (Å²) in [6.45, 7) is 4.05. The first-order valence-electron chi connectivity index (χ1n) is 8.83. The molecule has 1 amide bonds. The van der Waals surface area contributed by atoms with Crippen LogP contribution in [0.25, 0.3) is 0 Å². The highest BCUT2D eigenvalue weighted by Crippen LogP contribution is 2.22. The molecule has 0 aliphatic carbocycles. The van der Waals surface area contributed by atoms with E-state index in [2.05, 4.69) is 22.3 Å². The number of hydrogen-bond donors (Lipinski definition) is 1. The molecule has 1 heterocycles. The molecule has 132 valence electrons. The van der Waals surface area contributed by atoms with Crippen molar-refractivity contribution in [2.45, 2.75) is 31.1 Å². The molecule has 2 aromatic rings. The van der Waals surface area contributed by atoms with Gasteiger partial charge in [0.1, 0.15) is 0 Å². The van der Waals surface area contributed by atoms with Gasteiger partial charge in [-0.2, -0.15) is 0 Å². The van der Waals surface area contributed by atoms with Crippen LogP contribution in [0.1, 0.15) is 36.5 Å². The maximum absolute atomic E-state index is 12.6. The third-order valence-corrected chi connectivity index (χ3v) is 5.86. The predicted octanol–water partition coefficient (Wildman–Crippen LogP) is 4.06. The molecule has 5 heteroatoms. The SMILES string of the molecule is CCS(=O)c1ccccc1C(=O)Nc1ccc(N2CCCCC2)cc1. The van der Waals surface area contributed by atoms with Gasteiger partial charge in [0.2, 0.25) is 0 Å². The van der Waals surface area contributed by atoms with Crippen LogP contribution in [0, 0.1) is 0 Å². The highest BCUT2D eigenvalue weighted by atomic mass is 32.2. The minimum atomic E-state index is -1.16. The van der Waals surface area contributed by atoms with Crippen molar-refractivity contribution in [3.63, 3.8) is 0 Å². The normalized spacial score (nSPS) is 15.6. The van der Waals surface area contributed by atoms with Crippen molar-refractivity contribution >= 4 is 28.1 Å². The van der Waals surface area contributed by atoms with Crippen LogP contribution in [0.2, 0.25) is 0 Å². The van der Waals surface area contributed by atoms with Crippen molar-refractivity contribution in [3.05, 3.63) is 54.1 Å². The van der Waals surface area contributed by atoms with E-state index in [1.165, 1.54) is 24.9 Å². The molecule has 0 saturated carbocycles. The quantitative estimate of drug-likeness (QED) is 0.879. The number of nitrogens with zero attached hydrogens (tertiary/aromatic N) is 1. The van der Waals surface area contributed by atoms with E-state index in [9.17, 15) is 9.00 Å². The Bertz CT molecular complexity index is 753. The number of rotatable bonds is 5. The van der Waals surface area contributed by atoms with E-state index in [1.807, 2.05) is 25.1 Å². The number of piperidine rings is 1. The molecule has 1 saturated heterocycles. The first kappa shape index (κ1) is 17.7. The van der Waals surface area contributed by atoms with Crippen LogP contribution >= 0.6 is 0 Å². The van der Waals surface area contributed by atoms with Crippen LogP contribution in [-0.2, 0) is 10.8 Å². The summed E-state index contributed by atoms with van der Waals surface area (Å²) in [5, 5.41) is 2.92. The van der Waals surface area contributed by atoms with Gasteiger partial charge < -0.3 is 10.2 Å². The minimum Gasteiger partial charge on any atom is -0.372 e. The Morgan fingerprint density at radius 1 is 1.04 bits per heavy atom. The maximum atomic E-state index is 12.6. The molecule has 0 radical (unpaired) electrons. The van der Waals surface area contributed by atoms with Gasteiger partial charge in [-0.15, -0.1) is 0 Å². The molecule has 1 fully saturated rings. The minimum absolute atomic E-state index is 0.219. The van der Waals surface area contributed by atoms with E-state index in [4.69, 9.17) is 0 Å². The number of benzene rings is 2. The Morgan fingerprint density at radius 3 is 2.40 bits per heavy atom. The fraction of sp³-hybridized carbons (Fsp3) is 0.350. The van der Waals surface area contributed by atoms with Gasteiger partial charge in [0.25, 0.3) is 5.91 Å². The molecule has 1 N–H and O–H groups in total.